The van der Waals surface area contributed by atoms with Gasteiger partial charge in [0.15, 0.2) is 0 Å². The molecule has 0 aromatic heterocycles. The standard InChI is InChI=1S/C18H32N2O4/c1-3-15-11-20(12-17(15)19-6-9-22-10-7-19)18(21)14(2)24-13-16-5-4-8-23-16/h14-17H,3-13H2,1-2H3/t14-,15+,16-,17-/m0/s1. The Kier molecular flexibility index (Phi) is 6.49. The second-order valence-corrected chi connectivity index (χ2v) is 7.24. The van der Waals surface area contributed by atoms with Gasteiger partial charge in [0, 0.05) is 38.8 Å². The Balaban J connectivity index is 1.50. The molecule has 3 saturated heterocycles. The zero-order chi connectivity index (χ0) is 16.9. The summed E-state index contributed by atoms with van der Waals surface area (Å²) in [7, 11) is 0. The van der Waals surface area contributed by atoms with Crippen molar-refractivity contribution >= 4 is 5.91 Å². The summed E-state index contributed by atoms with van der Waals surface area (Å²) in [6.07, 6.45) is 3.04. The first-order valence-electron chi connectivity index (χ1n) is 9.52. The highest BCUT2D eigenvalue weighted by molar-refractivity contribution is 5.81. The number of morpholine rings is 1. The minimum absolute atomic E-state index is 0.127. The van der Waals surface area contributed by atoms with E-state index in [4.69, 9.17) is 14.2 Å². The number of likely N-dealkylation sites (tertiary alicyclic amines) is 1. The van der Waals surface area contributed by atoms with Crippen LogP contribution in [0.3, 0.4) is 0 Å². The van der Waals surface area contributed by atoms with E-state index in [1.54, 1.807) is 0 Å². The van der Waals surface area contributed by atoms with Crippen molar-refractivity contribution in [3.63, 3.8) is 0 Å². The molecule has 3 rings (SSSR count). The van der Waals surface area contributed by atoms with Gasteiger partial charge in [-0.1, -0.05) is 13.3 Å². The van der Waals surface area contributed by atoms with Gasteiger partial charge in [0.05, 0.1) is 25.9 Å². The van der Waals surface area contributed by atoms with E-state index in [-0.39, 0.29) is 18.1 Å². The van der Waals surface area contributed by atoms with Gasteiger partial charge in [0.1, 0.15) is 6.10 Å². The van der Waals surface area contributed by atoms with E-state index in [2.05, 4.69) is 11.8 Å². The number of hydrogen-bond acceptors (Lipinski definition) is 5. The summed E-state index contributed by atoms with van der Waals surface area (Å²) >= 11 is 0. The Morgan fingerprint density at radius 1 is 1.25 bits per heavy atom. The van der Waals surface area contributed by atoms with Crippen LogP contribution < -0.4 is 0 Å². The normalized spacial score (nSPS) is 33.1. The summed E-state index contributed by atoms with van der Waals surface area (Å²) < 4.78 is 16.8. The van der Waals surface area contributed by atoms with Crippen molar-refractivity contribution in [1.29, 1.82) is 0 Å². The Morgan fingerprint density at radius 3 is 2.71 bits per heavy atom. The monoisotopic (exact) mass is 340 g/mol. The molecule has 3 aliphatic heterocycles. The molecule has 6 heteroatoms. The molecule has 0 aliphatic carbocycles. The molecule has 3 heterocycles. The van der Waals surface area contributed by atoms with Crippen LogP contribution in [0.5, 0.6) is 0 Å². The minimum Gasteiger partial charge on any atom is -0.379 e. The Labute approximate surface area is 145 Å². The van der Waals surface area contributed by atoms with Gasteiger partial charge in [0.25, 0.3) is 5.91 Å². The van der Waals surface area contributed by atoms with E-state index < -0.39 is 0 Å². The number of amides is 1. The van der Waals surface area contributed by atoms with Crippen LogP contribution in [0.1, 0.15) is 33.1 Å². The van der Waals surface area contributed by atoms with Gasteiger partial charge in [-0.25, -0.2) is 0 Å². The lowest BCUT2D eigenvalue weighted by Crippen LogP contribution is -2.47. The Bertz CT molecular complexity index is 408. The first kappa shape index (κ1) is 18.1. The second-order valence-electron chi connectivity index (χ2n) is 7.24. The molecule has 138 valence electrons. The van der Waals surface area contributed by atoms with Crippen LogP contribution in [0.15, 0.2) is 0 Å². The van der Waals surface area contributed by atoms with Gasteiger partial charge in [-0.2, -0.15) is 0 Å². The molecule has 4 atom stereocenters. The summed E-state index contributed by atoms with van der Waals surface area (Å²) in [6.45, 7) is 10.7. The summed E-state index contributed by atoms with van der Waals surface area (Å²) in [4.78, 5) is 17.3. The molecule has 3 aliphatic rings. The van der Waals surface area contributed by atoms with Crippen LogP contribution >= 0.6 is 0 Å². The molecule has 6 nitrogen and oxygen atoms in total. The molecule has 0 aromatic carbocycles. The van der Waals surface area contributed by atoms with Crippen molar-refractivity contribution in [3.05, 3.63) is 0 Å². The third kappa shape index (κ3) is 4.28. The Morgan fingerprint density at radius 2 is 2.04 bits per heavy atom. The highest BCUT2D eigenvalue weighted by Crippen LogP contribution is 2.26. The summed E-state index contributed by atoms with van der Waals surface area (Å²) in [5.41, 5.74) is 0. The van der Waals surface area contributed by atoms with Crippen LogP contribution in [0.4, 0.5) is 0 Å². The van der Waals surface area contributed by atoms with E-state index in [9.17, 15) is 4.79 Å². The van der Waals surface area contributed by atoms with Gasteiger partial charge in [-0.05, 0) is 25.7 Å². The van der Waals surface area contributed by atoms with Crippen molar-refractivity contribution in [2.75, 3.05) is 52.6 Å². The van der Waals surface area contributed by atoms with E-state index in [0.717, 1.165) is 65.3 Å². The van der Waals surface area contributed by atoms with Crippen molar-refractivity contribution in [2.24, 2.45) is 5.92 Å². The van der Waals surface area contributed by atoms with Crippen LogP contribution in [0, 0.1) is 5.92 Å². The fourth-order valence-corrected chi connectivity index (χ4v) is 4.11. The van der Waals surface area contributed by atoms with Gasteiger partial charge >= 0.3 is 0 Å². The van der Waals surface area contributed by atoms with Crippen molar-refractivity contribution in [3.8, 4) is 0 Å². The third-order valence-electron chi connectivity index (χ3n) is 5.66. The largest absolute Gasteiger partial charge is 0.379 e. The van der Waals surface area contributed by atoms with E-state index in [1.165, 1.54) is 0 Å². The molecular formula is C18H32N2O4. The Hall–Kier alpha value is -0.690. The number of carbonyl (C=O) groups excluding carboxylic acids is 1. The molecule has 0 bridgehead atoms. The zero-order valence-electron chi connectivity index (χ0n) is 15.1. The first-order chi connectivity index (χ1) is 11.7. The fraction of sp³-hybridized carbons (Fsp3) is 0.944. The van der Waals surface area contributed by atoms with Gasteiger partial charge in [0.2, 0.25) is 0 Å². The molecule has 0 aromatic rings. The van der Waals surface area contributed by atoms with Gasteiger partial charge in [-0.15, -0.1) is 0 Å². The summed E-state index contributed by atoms with van der Waals surface area (Å²) in [5.74, 6) is 0.680. The number of hydrogen-bond donors (Lipinski definition) is 0. The quantitative estimate of drug-likeness (QED) is 0.726. The highest BCUT2D eigenvalue weighted by atomic mass is 16.5. The number of carbonyl (C=O) groups is 1. The van der Waals surface area contributed by atoms with Crippen LogP contribution in [-0.2, 0) is 19.0 Å². The average Bonchev–Trinajstić information content (AvgIpc) is 3.29. The van der Waals surface area contributed by atoms with Crippen LogP contribution in [-0.4, -0.2) is 86.6 Å². The van der Waals surface area contributed by atoms with Crippen LogP contribution in [0.2, 0.25) is 0 Å². The molecular weight excluding hydrogens is 308 g/mol. The summed E-state index contributed by atoms with van der Waals surface area (Å²) in [5, 5.41) is 0. The smallest absolute Gasteiger partial charge is 0.251 e. The molecule has 3 fully saturated rings. The van der Waals surface area contributed by atoms with Gasteiger partial charge < -0.3 is 19.1 Å². The first-order valence-corrected chi connectivity index (χ1v) is 9.52. The number of nitrogens with zero attached hydrogens (tertiary/aromatic N) is 2. The maximum atomic E-state index is 12.8. The SMILES string of the molecule is CC[C@@H]1CN(C(=O)[C@H](C)OC[C@@H]2CCCO2)C[C@@H]1N1CCOCC1. The second kappa shape index (κ2) is 8.61. The number of ether oxygens (including phenoxy) is 3. The molecule has 24 heavy (non-hydrogen) atoms. The minimum atomic E-state index is -0.379. The topological polar surface area (TPSA) is 51.2 Å². The summed E-state index contributed by atoms with van der Waals surface area (Å²) in [6, 6.07) is 0.466. The third-order valence-corrected chi connectivity index (χ3v) is 5.66. The molecule has 0 N–H and O–H groups in total. The highest BCUT2D eigenvalue weighted by Gasteiger charge is 2.39. The van der Waals surface area contributed by atoms with Gasteiger partial charge in [-0.3, -0.25) is 9.69 Å². The fourth-order valence-electron chi connectivity index (χ4n) is 4.11. The van der Waals surface area contributed by atoms with Crippen molar-refractivity contribution in [1.82, 2.24) is 9.80 Å². The molecule has 0 saturated carbocycles. The molecule has 0 unspecified atom stereocenters. The van der Waals surface area contributed by atoms with E-state index in [0.29, 0.717) is 18.6 Å². The lowest BCUT2D eigenvalue weighted by atomic mass is 9.99. The predicted molar refractivity (Wildman–Crippen MR) is 90.9 cm³/mol. The predicted octanol–water partition coefficient (Wildman–Crippen LogP) is 1.14. The molecule has 1 amide bonds. The maximum absolute atomic E-state index is 12.8. The van der Waals surface area contributed by atoms with Crippen LogP contribution in [0.25, 0.3) is 0 Å². The lowest BCUT2D eigenvalue weighted by Gasteiger charge is -2.34. The average molecular weight is 340 g/mol. The van der Waals surface area contributed by atoms with E-state index >= 15 is 0 Å². The molecule has 0 spiro atoms. The lowest BCUT2D eigenvalue weighted by molar-refractivity contribution is -0.143. The van der Waals surface area contributed by atoms with Crippen molar-refractivity contribution in [2.45, 2.75) is 51.4 Å². The molecule has 0 radical (unpaired) electrons. The maximum Gasteiger partial charge on any atom is 0.251 e. The van der Waals surface area contributed by atoms with E-state index in [1.807, 2.05) is 11.8 Å². The van der Waals surface area contributed by atoms with Crippen molar-refractivity contribution < 1.29 is 19.0 Å². The zero-order valence-corrected chi connectivity index (χ0v) is 15.1. The number of rotatable bonds is 6.